The molecule has 90 valence electrons. The van der Waals surface area contributed by atoms with Crippen LogP contribution in [0.3, 0.4) is 0 Å². The van der Waals surface area contributed by atoms with Gasteiger partial charge in [-0.1, -0.05) is 13.8 Å². The van der Waals surface area contributed by atoms with Gasteiger partial charge in [-0.2, -0.15) is 13.2 Å². The molecule has 0 saturated carbocycles. The first-order valence-corrected chi connectivity index (χ1v) is 5.62. The van der Waals surface area contributed by atoms with Gasteiger partial charge in [0, 0.05) is 6.04 Å². The maximum atomic E-state index is 12.3. The summed E-state index contributed by atoms with van der Waals surface area (Å²) in [6.07, 6.45) is -2.11. The predicted octanol–water partition coefficient (Wildman–Crippen LogP) is 3.31. The van der Waals surface area contributed by atoms with E-state index >= 15 is 0 Å². The second-order valence-electron chi connectivity index (χ2n) is 4.88. The molecule has 4 heteroatoms. The van der Waals surface area contributed by atoms with Crippen LogP contribution in [0.5, 0.6) is 0 Å². The summed E-state index contributed by atoms with van der Waals surface area (Å²) in [5.74, 6) is 0.872. The first kappa shape index (κ1) is 12.8. The van der Waals surface area contributed by atoms with Crippen LogP contribution in [0.1, 0.15) is 33.6 Å². The van der Waals surface area contributed by atoms with Crippen LogP contribution in [0, 0.1) is 11.8 Å². The summed E-state index contributed by atoms with van der Waals surface area (Å²) in [6.45, 7) is 5.95. The molecule has 1 nitrogen and oxygen atoms in total. The van der Waals surface area contributed by atoms with Crippen LogP contribution in [0.15, 0.2) is 0 Å². The summed E-state index contributed by atoms with van der Waals surface area (Å²) < 4.78 is 36.9. The Balaban J connectivity index is 2.58. The number of likely N-dealkylation sites (tertiary alicyclic amines) is 1. The molecule has 1 aliphatic heterocycles. The van der Waals surface area contributed by atoms with Crippen LogP contribution < -0.4 is 0 Å². The molecule has 1 saturated heterocycles. The maximum Gasteiger partial charge on any atom is 0.401 e. The van der Waals surface area contributed by atoms with E-state index in [9.17, 15) is 13.2 Å². The van der Waals surface area contributed by atoms with Crippen molar-refractivity contribution >= 4 is 0 Å². The van der Waals surface area contributed by atoms with Gasteiger partial charge in [0.1, 0.15) is 0 Å². The van der Waals surface area contributed by atoms with Gasteiger partial charge in [-0.25, -0.2) is 0 Å². The third-order valence-corrected chi connectivity index (χ3v) is 3.42. The lowest BCUT2D eigenvalue weighted by atomic mass is 9.82. The van der Waals surface area contributed by atoms with Crippen molar-refractivity contribution in [3.63, 3.8) is 0 Å². The molecular weight excluding hydrogens is 203 g/mol. The zero-order chi connectivity index (χ0) is 11.6. The standard InChI is InChI=1S/C11H20F3N/c1-8(2)10-5-4-6-15(9(10)3)7-11(12,13)14/h8-10H,4-7H2,1-3H3. The number of piperidine rings is 1. The van der Waals surface area contributed by atoms with Crippen molar-refractivity contribution in [3.8, 4) is 0 Å². The molecule has 0 spiro atoms. The predicted molar refractivity (Wildman–Crippen MR) is 54.7 cm³/mol. The number of nitrogens with zero attached hydrogens (tertiary/aromatic N) is 1. The monoisotopic (exact) mass is 223 g/mol. The van der Waals surface area contributed by atoms with Gasteiger partial charge in [0.25, 0.3) is 0 Å². The van der Waals surface area contributed by atoms with Gasteiger partial charge < -0.3 is 0 Å². The third kappa shape index (κ3) is 3.67. The molecule has 2 unspecified atom stereocenters. The average molecular weight is 223 g/mol. The van der Waals surface area contributed by atoms with E-state index in [0.717, 1.165) is 12.8 Å². The molecule has 0 aromatic carbocycles. The molecule has 0 radical (unpaired) electrons. The van der Waals surface area contributed by atoms with E-state index in [-0.39, 0.29) is 6.04 Å². The van der Waals surface area contributed by atoms with Crippen molar-refractivity contribution in [2.75, 3.05) is 13.1 Å². The number of halogens is 3. The summed E-state index contributed by atoms with van der Waals surface area (Å²) in [4.78, 5) is 1.58. The van der Waals surface area contributed by atoms with Crippen LogP contribution >= 0.6 is 0 Å². The van der Waals surface area contributed by atoms with Gasteiger partial charge in [-0.15, -0.1) is 0 Å². The smallest absolute Gasteiger partial charge is 0.292 e. The Hall–Kier alpha value is -0.250. The van der Waals surface area contributed by atoms with Crippen molar-refractivity contribution < 1.29 is 13.2 Å². The topological polar surface area (TPSA) is 3.24 Å². The fourth-order valence-electron chi connectivity index (χ4n) is 2.59. The molecule has 0 bridgehead atoms. The van der Waals surface area contributed by atoms with Crippen molar-refractivity contribution in [1.82, 2.24) is 4.90 Å². The lowest BCUT2D eigenvalue weighted by Gasteiger charge is -2.41. The van der Waals surface area contributed by atoms with E-state index in [1.165, 1.54) is 0 Å². The molecule has 1 rings (SSSR count). The van der Waals surface area contributed by atoms with Gasteiger partial charge in [0.2, 0.25) is 0 Å². The summed E-state index contributed by atoms with van der Waals surface area (Å²) >= 11 is 0. The van der Waals surface area contributed by atoms with Crippen molar-refractivity contribution in [2.45, 2.75) is 45.8 Å². The van der Waals surface area contributed by atoms with E-state index < -0.39 is 12.7 Å². The molecule has 0 aromatic rings. The fourth-order valence-corrected chi connectivity index (χ4v) is 2.59. The molecule has 0 aromatic heterocycles. The summed E-state index contributed by atoms with van der Waals surface area (Å²) in [7, 11) is 0. The van der Waals surface area contributed by atoms with E-state index in [4.69, 9.17) is 0 Å². The fraction of sp³-hybridized carbons (Fsp3) is 1.00. The van der Waals surface area contributed by atoms with Gasteiger partial charge in [-0.3, -0.25) is 4.90 Å². The summed E-state index contributed by atoms with van der Waals surface area (Å²) in [5.41, 5.74) is 0. The molecule has 2 atom stereocenters. The normalized spacial score (nSPS) is 29.8. The minimum absolute atomic E-state index is 0.0559. The van der Waals surface area contributed by atoms with Crippen LogP contribution in [0.2, 0.25) is 0 Å². The van der Waals surface area contributed by atoms with Crippen LogP contribution in [0.25, 0.3) is 0 Å². The lowest BCUT2D eigenvalue weighted by Crippen LogP contribution is -2.48. The van der Waals surface area contributed by atoms with Crippen LogP contribution in [0.4, 0.5) is 13.2 Å². The first-order valence-electron chi connectivity index (χ1n) is 5.62. The van der Waals surface area contributed by atoms with E-state index in [1.54, 1.807) is 4.90 Å². The minimum atomic E-state index is -4.06. The second kappa shape index (κ2) is 4.73. The highest BCUT2D eigenvalue weighted by atomic mass is 19.4. The summed E-state index contributed by atoms with van der Waals surface area (Å²) in [5, 5.41) is 0. The molecule has 1 fully saturated rings. The Morgan fingerprint density at radius 2 is 1.93 bits per heavy atom. The van der Waals surface area contributed by atoms with E-state index in [1.807, 2.05) is 6.92 Å². The Morgan fingerprint density at radius 3 is 2.40 bits per heavy atom. The Labute approximate surface area is 89.6 Å². The molecule has 1 aliphatic rings. The van der Waals surface area contributed by atoms with Crippen molar-refractivity contribution in [3.05, 3.63) is 0 Å². The van der Waals surface area contributed by atoms with Gasteiger partial charge in [0.05, 0.1) is 6.54 Å². The molecule has 15 heavy (non-hydrogen) atoms. The van der Waals surface area contributed by atoms with Crippen molar-refractivity contribution in [1.29, 1.82) is 0 Å². The minimum Gasteiger partial charge on any atom is -0.292 e. The maximum absolute atomic E-state index is 12.3. The molecule has 0 amide bonds. The second-order valence-corrected chi connectivity index (χ2v) is 4.88. The van der Waals surface area contributed by atoms with Crippen LogP contribution in [-0.2, 0) is 0 Å². The van der Waals surface area contributed by atoms with Gasteiger partial charge in [-0.05, 0) is 38.1 Å². The zero-order valence-electron chi connectivity index (χ0n) is 9.64. The largest absolute Gasteiger partial charge is 0.401 e. The highest BCUT2D eigenvalue weighted by molar-refractivity contribution is 4.83. The summed E-state index contributed by atoms with van der Waals surface area (Å²) in [6, 6.07) is 0.0559. The number of hydrogen-bond acceptors (Lipinski definition) is 1. The molecular formula is C11H20F3N. The molecule has 0 N–H and O–H groups in total. The highest BCUT2D eigenvalue weighted by Gasteiger charge is 2.37. The number of rotatable bonds is 2. The van der Waals surface area contributed by atoms with Crippen molar-refractivity contribution in [2.24, 2.45) is 11.8 Å². The molecule has 0 aliphatic carbocycles. The first-order chi connectivity index (χ1) is 6.81. The SMILES string of the molecule is CC(C)C1CCCN(CC(F)(F)F)C1C. The van der Waals surface area contributed by atoms with Gasteiger partial charge in [0.15, 0.2) is 0 Å². The van der Waals surface area contributed by atoms with Crippen LogP contribution in [-0.4, -0.2) is 30.2 Å². The van der Waals surface area contributed by atoms with Gasteiger partial charge >= 0.3 is 6.18 Å². The van der Waals surface area contributed by atoms with E-state index in [0.29, 0.717) is 18.4 Å². The average Bonchev–Trinajstić information content (AvgIpc) is 2.05. The Bertz CT molecular complexity index is 200. The quantitative estimate of drug-likeness (QED) is 0.694. The zero-order valence-corrected chi connectivity index (χ0v) is 9.64. The molecule has 1 heterocycles. The Kier molecular flexibility index (Phi) is 4.04. The number of hydrogen-bond donors (Lipinski definition) is 0. The Morgan fingerprint density at radius 1 is 1.33 bits per heavy atom. The number of alkyl halides is 3. The van der Waals surface area contributed by atoms with E-state index in [2.05, 4.69) is 13.8 Å². The third-order valence-electron chi connectivity index (χ3n) is 3.42. The lowest BCUT2D eigenvalue weighted by molar-refractivity contribution is -0.156. The highest BCUT2D eigenvalue weighted by Crippen LogP contribution is 2.31.